The molecule has 1 N–H and O–H groups in total. The van der Waals surface area contributed by atoms with E-state index in [1.165, 1.54) is 11.3 Å². The molecule has 0 radical (unpaired) electrons. The maximum absolute atomic E-state index is 12.3. The normalized spacial score (nSPS) is 16.7. The summed E-state index contributed by atoms with van der Waals surface area (Å²) in [7, 11) is -3.36. The molecule has 0 aromatic carbocycles. The topological polar surface area (TPSA) is 62.3 Å². The zero-order chi connectivity index (χ0) is 16.3. The lowest BCUT2D eigenvalue weighted by Crippen LogP contribution is -2.38. The van der Waals surface area contributed by atoms with Crippen molar-refractivity contribution in [3.8, 4) is 0 Å². The zero-order valence-electron chi connectivity index (χ0n) is 13.1. The Morgan fingerprint density at radius 1 is 1.26 bits per heavy atom. The fraction of sp³-hybridized carbons (Fsp3) is 0.438. The fourth-order valence-electron chi connectivity index (χ4n) is 2.76. The van der Waals surface area contributed by atoms with Gasteiger partial charge in [-0.25, -0.2) is 18.1 Å². The smallest absolute Gasteiger partial charge is 0.250 e. The number of aryl methyl sites for hydroxylation is 1. The number of pyridine rings is 1. The van der Waals surface area contributed by atoms with Crippen molar-refractivity contribution in [1.82, 2.24) is 9.71 Å². The molecule has 0 aliphatic carbocycles. The summed E-state index contributed by atoms with van der Waals surface area (Å²) in [6, 6.07) is 9.43. The molecule has 7 heteroatoms. The highest BCUT2D eigenvalue weighted by Gasteiger charge is 2.23. The van der Waals surface area contributed by atoms with Crippen molar-refractivity contribution in [2.75, 3.05) is 24.5 Å². The molecule has 5 nitrogen and oxygen atoms in total. The first kappa shape index (κ1) is 16.4. The van der Waals surface area contributed by atoms with E-state index >= 15 is 0 Å². The van der Waals surface area contributed by atoms with E-state index in [2.05, 4.69) is 14.6 Å². The molecule has 0 amide bonds. The second-order valence-electron chi connectivity index (χ2n) is 5.84. The van der Waals surface area contributed by atoms with E-state index in [1.54, 1.807) is 12.3 Å². The predicted octanol–water partition coefficient (Wildman–Crippen LogP) is 2.65. The van der Waals surface area contributed by atoms with Gasteiger partial charge in [-0.15, -0.1) is 11.3 Å². The summed E-state index contributed by atoms with van der Waals surface area (Å²) in [5, 5.41) is 0. The highest BCUT2D eigenvalue weighted by molar-refractivity contribution is 7.91. The summed E-state index contributed by atoms with van der Waals surface area (Å²) >= 11 is 1.31. The Bertz CT molecular complexity index is 736. The van der Waals surface area contributed by atoms with E-state index in [1.807, 2.05) is 31.2 Å². The first-order valence-electron chi connectivity index (χ1n) is 7.77. The molecule has 2 aromatic heterocycles. The third kappa shape index (κ3) is 4.10. The van der Waals surface area contributed by atoms with Crippen molar-refractivity contribution in [2.45, 2.75) is 24.0 Å². The second kappa shape index (κ2) is 6.98. The van der Waals surface area contributed by atoms with Crippen LogP contribution in [-0.4, -0.2) is 33.0 Å². The second-order valence-corrected chi connectivity index (χ2v) is 9.12. The van der Waals surface area contributed by atoms with E-state index in [4.69, 9.17) is 0 Å². The van der Waals surface area contributed by atoms with Gasteiger partial charge in [0, 0.05) is 30.7 Å². The van der Waals surface area contributed by atoms with Crippen molar-refractivity contribution in [3.05, 3.63) is 41.4 Å². The number of anilines is 1. The summed E-state index contributed by atoms with van der Waals surface area (Å²) in [5.74, 6) is 1.38. The largest absolute Gasteiger partial charge is 0.357 e. The van der Waals surface area contributed by atoms with Crippen LogP contribution in [0, 0.1) is 12.8 Å². The van der Waals surface area contributed by atoms with Crippen LogP contribution in [0.25, 0.3) is 0 Å². The summed E-state index contributed by atoms with van der Waals surface area (Å²) in [6.07, 6.45) is 3.75. The number of nitrogens with one attached hydrogen (secondary N) is 1. The molecule has 1 aliphatic rings. The van der Waals surface area contributed by atoms with E-state index in [0.29, 0.717) is 16.7 Å². The summed E-state index contributed by atoms with van der Waals surface area (Å²) in [4.78, 5) is 7.64. The van der Waals surface area contributed by atoms with Gasteiger partial charge in [-0.2, -0.15) is 0 Å². The average Bonchev–Trinajstić information content (AvgIpc) is 3.02. The van der Waals surface area contributed by atoms with Crippen LogP contribution in [0.15, 0.2) is 40.7 Å². The maximum Gasteiger partial charge on any atom is 0.250 e. The minimum absolute atomic E-state index is 0.380. The van der Waals surface area contributed by atoms with Crippen LogP contribution in [0.5, 0.6) is 0 Å². The zero-order valence-corrected chi connectivity index (χ0v) is 14.7. The maximum atomic E-state index is 12.3. The molecule has 1 fully saturated rings. The minimum Gasteiger partial charge on any atom is -0.357 e. The molecular formula is C16H21N3O2S2. The van der Waals surface area contributed by atoms with Crippen molar-refractivity contribution >= 4 is 27.2 Å². The van der Waals surface area contributed by atoms with E-state index < -0.39 is 10.0 Å². The quantitative estimate of drug-likeness (QED) is 0.899. The third-order valence-corrected chi connectivity index (χ3v) is 7.05. The lowest BCUT2D eigenvalue weighted by atomic mass is 9.97. The van der Waals surface area contributed by atoms with Gasteiger partial charge in [-0.05, 0) is 49.9 Å². The van der Waals surface area contributed by atoms with Gasteiger partial charge < -0.3 is 4.90 Å². The molecule has 0 saturated carbocycles. The van der Waals surface area contributed by atoms with Gasteiger partial charge in [0.05, 0.1) is 0 Å². The number of sulfonamides is 1. The SMILES string of the molecule is Cc1ccc(S(=O)(=O)NCC2CCN(c3ccccn3)CC2)s1. The number of thiophene rings is 1. The molecule has 3 rings (SSSR count). The van der Waals surface area contributed by atoms with Crippen LogP contribution in [0.4, 0.5) is 5.82 Å². The highest BCUT2D eigenvalue weighted by atomic mass is 32.2. The lowest BCUT2D eigenvalue weighted by molar-refractivity contribution is 0.401. The molecule has 1 saturated heterocycles. The minimum atomic E-state index is -3.36. The number of hydrogen-bond donors (Lipinski definition) is 1. The Morgan fingerprint density at radius 3 is 2.65 bits per heavy atom. The number of aromatic nitrogens is 1. The number of hydrogen-bond acceptors (Lipinski definition) is 5. The van der Waals surface area contributed by atoms with E-state index in [9.17, 15) is 8.42 Å². The van der Waals surface area contributed by atoms with Crippen molar-refractivity contribution in [3.63, 3.8) is 0 Å². The number of nitrogens with zero attached hydrogens (tertiary/aromatic N) is 2. The van der Waals surface area contributed by atoms with Crippen LogP contribution >= 0.6 is 11.3 Å². The summed E-state index contributed by atoms with van der Waals surface area (Å²) < 4.78 is 27.7. The molecule has 0 atom stereocenters. The molecule has 0 spiro atoms. The van der Waals surface area contributed by atoms with Crippen LogP contribution in [0.2, 0.25) is 0 Å². The summed E-state index contributed by atoms with van der Waals surface area (Å²) in [6.45, 7) is 4.26. The van der Waals surface area contributed by atoms with E-state index in [0.717, 1.165) is 36.6 Å². The van der Waals surface area contributed by atoms with Gasteiger partial charge in [0.15, 0.2) is 0 Å². The Labute approximate surface area is 141 Å². The monoisotopic (exact) mass is 351 g/mol. The Kier molecular flexibility index (Phi) is 4.99. The van der Waals surface area contributed by atoms with Gasteiger partial charge in [-0.3, -0.25) is 0 Å². The molecule has 0 bridgehead atoms. The van der Waals surface area contributed by atoms with Gasteiger partial charge in [0.2, 0.25) is 10.0 Å². The van der Waals surface area contributed by atoms with Crippen LogP contribution in [0.3, 0.4) is 0 Å². The standard InChI is InChI=1S/C16H21N3O2S2/c1-13-5-6-16(22-13)23(20,21)18-12-14-7-10-19(11-8-14)15-4-2-3-9-17-15/h2-6,9,14,18H,7-8,10-12H2,1H3. The molecule has 0 unspecified atom stereocenters. The van der Waals surface area contributed by atoms with Gasteiger partial charge in [0.1, 0.15) is 10.0 Å². The van der Waals surface area contributed by atoms with E-state index in [-0.39, 0.29) is 0 Å². The Balaban J connectivity index is 1.51. The predicted molar refractivity (Wildman–Crippen MR) is 93.4 cm³/mol. The lowest BCUT2D eigenvalue weighted by Gasteiger charge is -2.32. The first-order chi connectivity index (χ1) is 11.0. The molecule has 1 aliphatic heterocycles. The summed E-state index contributed by atoms with van der Waals surface area (Å²) in [5.41, 5.74) is 0. The van der Waals surface area contributed by atoms with Crippen LogP contribution < -0.4 is 9.62 Å². The average molecular weight is 351 g/mol. The molecule has 23 heavy (non-hydrogen) atoms. The van der Waals surface area contributed by atoms with Gasteiger partial charge in [0.25, 0.3) is 0 Å². The van der Waals surface area contributed by atoms with Crippen molar-refractivity contribution in [1.29, 1.82) is 0 Å². The molecular weight excluding hydrogens is 330 g/mol. The van der Waals surface area contributed by atoms with Crippen LogP contribution in [-0.2, 0) is 10.0 Å². The third-order valence-electron chi connectivity index (χ3n) is 4.13. The molecule has 2 aromatic rings. The molecule has 124 valence electrons. The van der Waals surface area contributed by atoms with Crippen molar-refractivity contribution < 1.29 is 8.42 Å². The van der Waals surface area contributed by atoms with Crippen molar-refractivity contribution in [2.24, 2.45) is 5.92 Å². The van der Waals surface area contributed by atoms with Gasteiger partial charge in [-0.1, -0.05) is 6.07 Å². The Morgan fingerprint density at radius 2 is 2.04 bits per heavy atom. The van der Waals surface area contributed by atoms with Crippen LogP contribution in [0.1, 0.15) is 17.7 Å². The fourth-order valence-corrected chi connectivity index (χ4v) is 5.21. The number of rotatable bonds is 5. The number of piperidine rings is 1. The molecule has 3 heterocycles. The van der Waals surface area contributed by atoms with Gasteiger partial charge >= 0.3 is 0 Å². The first-order valence-corrected chi connectivity index (χ1v) is 10.1. The Hall–Kier alpha value is -1.44. The highest BCUT2D eigenvalue weighted by Crippen LogP contribution is 2.23.